The van der Waals surface area contributed by atoms with Crippen molar-refractivity contribution >= 4 is 6.91 Å². The Morgan fingerprint density at radius 1 is 0.476 bits per heavy atom. The second-order valence-corrected chi connectivity index (χ2v) is 12.6. The van der Waals surface area contributed by atoms with Crippen LogP contribution in [0.5, 0.6) is 0 Å². The molecule has 0 heterocycles. The van der Waals surface area contributed by atoms with Crippen molar-refractivity contribution in [2.75, 3.05) is 24.6 Å². The normalized spacial score (nSPS) is 14.0. The molecule has 0 atom stereocenters. The van der Waals surface area contributed by atoms with Gasteiger partial charge in [0.25, 0.3) is 0 Å². The molecule has 0 saturated heterocycles. The van der Waals surface area contributed by atoms with Gasteiger partial charge in [-0.05, 0) is 0 Å². The molecule has 0 rings (SSSR count). The average Bonchev–Trinajstić information content (AvgIpc) is 2.47. The molecule has 0 aromatic heterocycles. The van der Waals surface area contributed by atoms with Gasteiger partial charge in [-0.25, -0.2) is 0 Å². The summed E-state index contributed by atoms with van der Waals surface area (Å²) in [6.07, 6.45) is 16.7. The first kappa shape index (κ1) is 21.4. The summed E-state index contributed by atoms with van der Waals surface area (Å²) in [6, 6.07) is 0. The van der Waals surface area contributed by atoms with Crippen LogP contribution in [0.2, 0.25) is 0 Å². The minimum atomic E-state index is -2.91. The van der Waals surface area contributed by atoms with Gasteiger partial charge < -0.3 is 0 Å². The van der Waals surface area contributed by atoms with E-state index in [-0.39, 0.29) is 0 Å². The van der Waals surface area contributed by atoms with Crippen LogP contribution in [0.15, 0.2) is 0 Å². The van der Waals surface area contributed by atoms with Gasteiger partial charge in [-0.15, -0.1) is 0 Å². The zero-order valence-electron chi connectivity index (χ0n) is 15.4. The number of hydrogen-bond donors (Lipinski definition) is 0. The van der Waals surface area contributed by atoms with Gasteiger partial charge in [0, 0.05) is 0 Å². The van der Waals surface area contributed by atoms with Crippen LogP contribution in [-0.4, -0.2) is 24.6 Å². The molecule has 0 fully saturated rings. The van der Waals surface area contributed by atoms with Crippen LogP contribution in [0.25, 0.3) is 0 Å². The van der Waals surface area contributed by atoms with Gasteiger partial charge in [0.15, 0.2) is 0 Å². The molecule has 0 aromatic rings. The van der Waals surface area contributed by atoms with E-state index in [9.17, 15) is 0 Å². The topological polar surface area (TPSA) is 0 Å². The number of unbranched alkanes of at least 4 members (excludes halogenated alkanes) is 7. The Labute approximate surface area is 134 Å². The first-order valence-corrected chi connectivity index (χ1v) is 12.6. The van der Waals surface area contributed by atoms with Gasteiger partial charge in [0.05, 0.1) is 0 Å². The summed E-state index contributed by atoms with van der Waals surface area (Å²) in [6.45, 7) is 5.99. The molecule has 0 N–H and O–H groups in total. The van der Waals surface area contributed by atoms with Crippen LogP contribution < -0.4 is 0 Å². The molecule has 0 aromatic carbocycles. The SMILES string of the molecule is CCCCCP(F)(CCCC)(CCCCC)CCCCC. The molecule has 0 unspecified atom stereocenters. The molecule has 2 heteroatoms. The van der Waals surface area contributed by atoms with Crippen LogP contribution >= 0.6 is 6.91 Å². The fourth-order valence-electron chi connectivity index (χ4n) is 3.50. The number of rotatable bonds is 15. The van der Waals surface area contributed by atoms with Crippen LogP contribution in [0.1, 0.15) is 98.3 Å². The van der Waals surface area contributed by atoms with Gasteiger partial charge in [-0.3, -0.25) is 0 Å². The summed E-state index contributed by atoms with van der Waals surface area (Å²) in [5.74, 6) is 0. The number of hydrogen-bond acceptors (Lipinski definition) is 0. The predicted molar refractivity (Wildman–Crippen MR) is 101 cm³/mol. The quantitative estimate of drug-likeness (QED) is 0.213. The molecule has 0 bridgehead atoms. The van der Waals surface area contributed by atoms with Gasteiger partial charge in [0.2, 0.25) is 0 Å². The molecule has 0 aliphatic carbocycles. The zero-order chi connectivity index (χ0) is 16.1. The van der Waals surface area contributed by atoms with Crippen molar-refractivity contribution in [3.05, 3.63) is 0 Å². The maximum absolute atomic E-state index is 16.5. The second-order valence-electron chi connectivity index (χ2n) is 7.19. The minimum absolute atomic E-state index is 0.930. The monoisotopic (exact) mass is 320 g/mol. The third kappa shape index (κ3) is 9.17. The molecule has 0 aliphatic rings. The van der Waals surface area contributed by atoms with Gasteiger partial charge >= 0.3 is 134 Å². The summed E-state index contributed by atoms with van der Waals surface area (Å²) in [5.41, 5.74) is 0. The third-order valence-corrected chi connectivity index (χ3v) is 10.8. The van der Waals surface area contributed by atoms with E-state index in [1.807, 2.05) is 0 Å². The van der Waals surface area contributed by atoms with Crippen LogP contribution in [0.4, 0.5) is 4.20 Å². The van der Waals surface area contributed by atoms with Crippen LogP contribution in [0.3, 0.4) is 0 Å². The van der Waals surface area contributed by atoms with Crippen molar-refractivity contribution in [2.45, 2.75) is 98.3 Å². The maximum atomic E-state index is 16.5. The first-order chi connectivity index (χ1) is 10.0. The van der Waals surface area contributed by atoms with Crippen molar-refractivity contribution in [2.24, 2.45) is 0 Å². The van der Waals surface area contributed by atoms with Crippen molar-refractivity contribution in [1.82, 2.24) is 0 Å². The van der Waals surface area contributed by atoms with Crippen molar-refractivity contribution in [3.8, 4) is 0 Å². The van der Waals surface area contributed by atoms with E-state index < -0.39 is 6.91 Å². The molecular weight excluding hydrogens is 278 g/mol. The Hall–Kier alpha value is 0.360. The van der Waals surface area contributed by atoms with Crippen LogP contribution in [-0.2, 0) is 0 Å². The van der Waals surface area contributed by atoms with Crippen molar-refractivity contribution < 1.29 is 4.20 Å². The zero-order valence-corrected chi connectivity index (χ0v) is 16.3. The number of halogens is 1. The predicted octanol–water partition coefficient (Wildman–Crippen LogP) is 7.79. The molecule has 130 valence electrons. The Morgan fingerprint density at radius 2 is 0.762 bits per heavy atom. The molecule has 0 saturated carbocycles. The van der Waals surface area contributed by atoms with Crippen LogP contribution in [0, 0.1) is 0 Å². The van der Waals surface area contributed by atoms with E-state index in [0.29, 0.717) is 0 Å². The molecule has 0 nitrogen and oxygen atoms in total. The molecule has 0 spiro atoms. The average molecular weight is 321 g/mol. The second kappa shape index (κ2) is 11.9. The fourth-order valence-corrected chi connectivity index (χ4v) is 8.99. The Morgan fingerprint density at radius 3 is 1.05 bits per heavy atom. The van der Waals surface area contributed by atoms with E-state index in [0.717, 1.165) is 56.8 Å². The van der Waals surface area contributed by atoms with Gasteiger partial charge in [-0.1, -0.05) is 0 Å². The van der Waals surface area contributed by atoms with E-state index in [1.54, 1.807) is 0 Å². The molecule has 0 radical (unpaired) electrons. The van der Waals surface area contributed by atoms with E-state index in [1.165, 1.54) is 38.5 Å². The summed E-state index contributed by atoms with van der Waals surface area (Å²) < 4.78 is 16.5. The van der Waals surface area contributed by atoms with Gasteiger partial charge in [-0.2, -0.15) is 0 Å². The Kier molecular flexibility index (Phi) is 12.1. The first-order valence-electron chi connectivity index (χ1n) is 9.76. The summed E-state index contributed by atoms with van der Waals surface area (Å²) >= 11 is 0. The van der Waals surface area contributed by atoms with Gasteiger partial charge in [0.1, 0.15) is 0 Å². The van der Waals surface area contributed by atoms with E-state index in [4.69, 9.17) is 0 Å². The third-order valence-electron chi connectivity index (χ3n) is 5.03. The molecule has 21 heavy (non-hydrogen) atoms. The molecule has 0 aliphatic heterocycles. The Balaban J connectivity index is 4.86. The van der Waals surface area contributed by atoms with Crippen molar-refractivity contribution in [1.29, 1.82) is 0 Å². The molecule has 0 amide bonds. The standard InChI is InChI=1S/C19H42FP/c1-5-9-13-17-21(20,16-12-8-4,18-14-10-6-2)19-15-11-7-3/h5-19H2,1-4H3. The molecular formula is C19H42FP. The fraction of sp³-hybridized carbons (Fsp3) is 1.00. The summed E-state index contributed by atoms with van der Waals surface area (Å²) in [7, 11) is 0. The van der Waals surface area contributed by atoms with E-state index >= 15 is 4.20 Å². The van der Waals surface area contributed by atoms with Crippen molar-refractivity contribution in [3.63, 3.8) is 0 Å². The summed E-state index contributed by atoms with van der Waals surface area (Å²) in [4.78, 5) is 0. The van der Waals surface area contributed by atoms with E-state index in [2.05, 4.69) is 27.7 Å². The Bertz CT molecular complexity index is 210. The summed E-state index contributed by atoms with van der Waals surface area (Å²) in [5, 5.41) is 0.